The van der Waals surface area contributed by atoms with E-state index in [0.29, 0.717) is 5.82 Å². The van der Waals surface area contributed by atoms with Gasteiger partial charge >= 0.3 is 13.7 Å². The van der Waals surface area contributed by atoms with Crippen molar-refractivity contribution >= 4 is 31.3 Å². The molecular weight excluding hydrogens is 507 g/mol. The minimum atomic E-state index is -4.11. The third-order valence-corrected chi connectivity index (χ3v) is 8.20. The summed E-state index contributed by atoms with van der Waals surface area (Å²) in [6, 6.07) is 7.34. The van der Waals surface area contributed by atoms with Crippen LogP contribution in [-0.4, -0.2) is 68.5 Å². The Bertz CT molecular complexity index is 1020. The van der Waals surface area contributed by atoms with E-state index < -0.39 is 42.6 Å². The van der Waals surface area contributed by atoms with E-state index >= 15 is 0 Å². The van der Waals surface area contributed by atoms with Gasteiger partial charge in [0.25, 0.3) is 0 Å². The number of carbonyl (C=O) groups is 1. The molecule has 11 nitrogen and oxygen atoms in total. The van der Waals surface area contributed by atoms with Crippen LogP contribution in [0.15, 0.2) is 60.0 Å². The highest BCUT2D eigenvalue weighted by atomic mass is 32.2. The average molecular weight is 543 g/mol. The maximum Gasteiger partial charge on any atom is 0.459 e. The zero-order valence-corrected chi connectivity index (χ0v) is 21.4. The van der Waals surface area contributed by atoms with Crippen molar-refractivity contribution in [3.05, 3.63) is 55.0 Å². The van der Waals surface area contributed by atoms with Crippen LogP contribution in [0.4, 0.5) is 0 Å². The minimum absolute atomic E-state index is 0. The number of hydrogen-bond acceptors (Lipinski definition) is 11. The van der Waals surface area contributed by atoms with Crippen LogP contribution in [0.2, 0.25) is 0 Å². The van der Waals surface area contributed by atoms with Crippen molar-refractivity contribution in [3.63, 3.8) is 0 Å². The fraction of sp³-hybridized carbons (Fsp3) is 0.478. The van der Waals surface area contributed by atoms with Crippen LogP contribution in [0.25, 0.3) is 0 Å². The molecule has 0 bridgehead atoms. The molecule has 0 aliphatic carbocycles. The SMILES string of the molecule is C.C=C1N=C(N)C=CN1[C@@H]1S[C@H](COP(=O)(N[C@@H](C)C(=O)OC(C)C)Oc2ccccc2)[C@@H](O)[C@@H]1O. The Morgan fingerprint density at radius 2 is 1.94 bits per heavy atom. The molecular formula is C23H35N4O7PS. The summed E-state index contributed by atoms with van der Waals surface area (Å²) in [6.45, 7) is 8.46. The number of aliphatic imine (C=N–C) groups is 1. The fourth-order valence-corrected chi connectivity index (χ4v) is 6.41. The molecule has 2 heterocycles. The standard InChI is InChI=1S/C22H31N4O7PS.CH4/c1-13(2)32-22(29)14(3)25-34(30,33-16-8-6-5-7-9-16)31-12-17-19(27)20(28)21(35-17)26-11-10-18(23)24-15(26)4;/h5-11,13-14,17,19-21,27-28H,4,12H2,1-3H3,(H2,23,24)(H,25,30);1H4/t14-,17+,19+,20-,21+,34?;/m0./s1. The molecule has 0 aromatic heterocycles. The second-order valence-electron chi connectivity index (χ2n) is 8.26. The number of carbonyl (C=O) groups excluding carboxylic acids is 1. The van der Waals surface area contributed by atoms with E-state index in [2.05, 4.69) is 16.7 Å². The van der Waals surface area contributed by atoms with Gasteiger partial charge in [0.1, 0.15) is 34.9 Å². The lowest BCUT2D eigenvalue weighted by atomic mass is 10.1. The predicted octanol–water partition coefficient (Wildman–Crippen LogP) is 2.58. The number of hydrogen-bond donors (Lipinski definition) is 4. The predicted molar refractivity (Wildman–Crippen MR) is 140 cm³/mol. The van der Waals surface area contributed by atoms with Gasteiger partial charge in [-0.2, -0.15) is 5.09 Å². The van der Waals surface area contributed by atoms with Gasteiger partial charge < -0.3 is 30.1 Å². The molecule has 6 atom stereocenters. The van der Waals surface area contributed by atoms with Crippen molar-refractivity contribution in [2.75, 3.05) is 6.61 Å². The van der Waals surface area contributed by atoms with Gasteiger partial charge in [0.15, 0.2) is 0 Å². The largest absolute Gasteiger partial charge is 0.462 e. The van der Waals surface area contributed by atoms with E-state index in [0.717, 1.165) is 0 Å². The highest BCUT2D eigenvalue weighted by Crippen LogP contribution is 2.47. The Labute approximate surface area is 216 Å². The lowest BCUT2D eigenvalue weighted by Gasteiger charge is -2.30. The second kappa shape index (κ2) is 12.8. The number of amidine groups is 1. The molecule has 0 spiro atoms. The third kappa shape index (κ3) is 7.58. The number of nitrogens with one attached hydrogen (secondary N) is 1. The normalized spacial score (nSPS) is 26.1. The van der Waals surface area contributed by atoms with Gasteiger partial charge in [-0.1, -0.05) is 32.2 Å². The number of esters is 1. The first kappa shape index (κ1) is 29.9. The molecule has 2 aliphatic rings. The first-order valence-corrected chi connectivity index (χ1v) is 13.5. The van der Waals surface area contributed by atoms with Crippen LogP contribution < -0.4 is 15.3 Å². The van der Waals surface area contributed by atoms with E-state index in [-0.39, 0.29) is 31.7 Å². The van der Waals surface area contributed by atoms with Crippen LogP contribution in [0, 0.1) is 0 Å². The molecule has 5 N–H and O–H groups in total. The number of aliphatic hydroxyl groups is 2. The van der Waals surface area contributed by atoms with Gasteiger partial charge in [-0.15, -0.1) is 11.8 Å². The molecule has 1 saturated heterocycles. The van der Waals surface area contributed by atoms with E-state index in [1.165, 1.54) is 18.7 Å². The number of nitrogens with zero attached hydrogens (tertiary/aromatic N) is 2. The van der Waals surface area contributed by atoms with E-state index in [9.17, 15) is 19.6 Å². The van der Waals surface area contributed by atoms with Crippen molar-refractivity contribution in [1.82, 2.24) is 9.99 Å². The minimum Gasteiger partial charge on any atom is -0.462 e. The summed E-state index contributed by atoms with van der Waals surface area (Å²) >= 11 is 1.20. The Balaban J connectivity index is 0.00000456. The van der Waals surface area contributed by atoms with Crippen LogP contribution in [-0.2, 0) is 18.6 Å². The summed E-state index contributed by atoms with van der Waals surface area (Å²) in [5.74, 6) is 0.226. The number of benzene rings is 1. The van der Waals surface area contributed by atoms with Crippen LogP contribution >= 0.6 is 19.5 Å². The summed E-state index contributed by atoms with van der Waals surface area (Å²) in [6.07, 6.45) is 0.439. The highest BCUT2D eigenvalue weighted by molar-refractivity contribution is 8.00. The molecule has 36 heavy (non-hydrogen) atoms. The lowest BCUT2D eigenvalue weighted by molar-refractivity contribution is -0.149. The summed E-state index contributed by atoms with van der Waals surface area (Å²) in [4.78, 5) is 17.9. The van der Waals surface area contributed by atoms with Crippen molar-refractivity contribution in [2.45, 2.75) is 63.2 Å². The van der Waals surface area contributed by atoms with Gasteiger partial charge in [-0.25, -0.2) is 9.56 Å². The van der Waals surface area contributed by atoms with E-state index in [1.807, 2.05) is 0 Å². The van der Waals surface area contributed by atoms with E-state index in [1.54, 1.807) is 61.4 Å². The van der Waals surface area contributed by atoms with Crippen LogP contribution in [0.1, 0.15) is 28.2 Å². The second-order valence-corrected chi connectivity index (χ2v) is 11.3. The topological polar surface area (TPSA) is 156 Å². The van der Waals surface area contributed by atoms with Gasteiger partial charge in [0, 0.05) is 6.20 Å². The number of nitrogens with two attached hydrogens (primary N) is 1. The van der Waals surface area contributed by atoms with Crippen molar-refractivity contribution in [1.29, 1.82) is 0 Å². The molecule has 1 aromatic carbocycles. The van der Waals surface area contributed by atoms with Gasteiger partial charge in [0.05, 0.1) is 24.1 Å². The van der Waals surface area contributed by atoms with Crippen molar-refractivity contribution < 1.29 is 33.4 Å². The Hall–Kier alpha value is -2.34. The number of ether oxygens (including phenoxy) is 1. The third-order valence-electron chi connectivity index (χ3n) is 5.01. The van der Waals surface area contributed by atoms with Gasteiger partial charge in [-0.05, 0) is 39.0 Å². The molecule has 1 fully saturated rings. The number of thioether (sulfide) groups is 1. The average Bonchev–Trinajstić information content (AvgIpc) is 3.06. The Kier molecular flexibility index (Phi) is 10.6. The molecule has 1 aromatic rings. The Morgan fingerprint density at radius 1 is 1.28 bits per heavy atom. The molecule has 2 aliphatic heterocycles. The maximum absolute atomic E-state index is 13.6. The Morgan fingerprint density at radius 3 is 2.56 bits per heavy atom. The molecule has 1 unspecified atom stereocenters. The lowest BCUT2D eigenvalue weighted by Crippen LogP contribution is -2.41. The zero-order chi connectivity index (χ0) is 25.8. The smallest absolute Gasteiger partial charge is 0.459 e. The highest BCUT2D eigenvalue weighted by Gasteiger charge is 2.46. The summed E-state index contributed by atoms with van der Waals surface area (Å²) in [5.41, 5.74) is 5.67. The molecule has 0 saturated carbocycles. The molecule has 0 amide bonds. The quantitative estimate of drug-likeness (QED) is 0.255. The fourth-order valence-electron chi connectivity index (χ4n) is 3.32. The monoisotopic (exact) mass is 542 g/mol. The van der Waals surface area contributed by atoms with E-state index in [4.69, 9.17) is 19.5 Å². The summed E-state index contributed by atoms with van der Waals surface area (Å²) in [7, 11) is -4.11. The van der Waals surface area contributed by atoms with Crippen LogP contribution in [0.5, 0.6) is 5.75 Å². The van der Waals surface area contributed by atoms with Crippen LogP contribution in [0.3, 0.4) is 0 Å². The first-order valence-electron chi connectivity index (χ1n) is 11.0. The number of rotatable bonds is 10. The number of aliphatic hydroxyl groups excluding tert-OH is 2. The molecule has 13 heteroatoms. The summed E-state index contributed by atoms with van der Waals surface area (Å²) in [5, 5.41) is 22.6. The summed E-state index contributed by atoms with van der Waals surface area (Å²) < 4.78 is 30.1. The molecule has 200 valence electrons. The maximum atomic E-state index is 13.6. The van der Waals surface area contributed by atoms with Gasteiger partial charge in [-0.3, -0.25) is 9.32 Å². The number of para-hydroxylation sites is 1. The molecule has 3 rings (SSSR count). The van der Waals surface area contributed by atoms with Gasteiger partial charge in [0.2, 0.25) is 0 Å². The zero-order valence-electron chi connectivity index (χ0n) is 19.7. The first-order chi connectivity index (χ1) is 16.5. The molecule has 0 radical (unpaired) electrons. The van der Waals surface area contributed by atoms with Crippen molar-refractivity contribution in [2.24, 2.45) is 10.7 Å². The van der Waals surface area contributed by atoms with Crippen molar-refractivity contribution in [3.8, 4) is 5.75 Å².